The van der Waals surface area contributed by atoms with Crippen molar-refractivity contribution < 1.29 is 19.2 Å². The molecule has 0 fully saturated rings. The third-order valence-electron chi connectivity index (χ3n) is 3.37. The molecule has 2 aromatic carbocycles. The zero-order chi connectivity index (χ0) is 18.5. The van der Waals surface area contributed by atoms with Gasteiger partial charge in [0.1, 0.15) is 5.69 Å². The summed E-state index contributed by atoms with van der Waals surface area (Å²) in [6.07, 6.45) is 1.25. The number of carbonyl (C=O) groups is 2. The van der Waals surface area contributed by atoms with Crippen molar-refractivity contribution >= 4 is 34.3 Å². The summed E-state index contributed by atoms with van der Waals surface area (Å²) in [4.78, 5) is 42.4. The number of esters is 1. The summed E-state index contributed by atoms with van der Waals surface area (Å²) in [5, 5.41) is 13.2. The average molecular weight is 352 g/mol. The van der Waals surface area contributed by atoms with E-state index in [9.17, 15) is 19.7 Å². The molecule has 3 rings (SSSR count). The van der Waals surface area contributed by atoms with E-state index in [1.165, 1.54) is 24.4 Å². The Bertz CT molecular complexity index is 1010. The molecule has 1 aromatic heterocycles. The predicted octanol–water partition coefficient (Wildman–Crippen LogP) is 2.33. The van der Waals surface area contributed by atoms with Gasteiger partial charge in [-0.2, -0.15) is 0 Å². The average Bonchev–Trinajstić information content (AvgIpc) is 2.66. The van der Waals surface area contributed by atoms with Crippen LogP contribution in [0.4, 0.5) is 11.4 Å². The van der Waals surface area contributed by atoms with Crippen molar-refractivity contribution in [1.82, 2.24) is 9.97 Å². The van der Waals surface area contributed by atoms with Crippen LogP contribution in [0.15, 0.2) is 54.7 Å². The van der Waals surface area contributed by atoms with Gasteiger partial charge in [0.25, 0.3) is 11.6 Å². The van der Waals surface area contributed by atoms with Gasteiger partial charge < -0.3 is 10.1 Å². The van der Waals surface area contributed by atoms with Crippen LogP contribution in [0.1, 0.15) is 10.5 Å². The number of para-hydroxylation sites is 4. The van der Waals surface area contributed by atoms with Crippen LogP contribution in [0.2, 0.25) is 0 Å². The van der Waals surface area contributed by atoms with E-state index in [1.54, 1.807) is 30.3 Å². The minimum Gasteiger partial charge on any atom is -0.451 e. The van der Waals surface area contributed by atoms with Gasteiger partial charge in [0.15, 0.2) is 12.3 Å². The fraction of sp³-hybridized carbons (Fsp3) is 0.0588. The molecule has 9 heteroatoms. The molecule has 0 aliphatic rings. The number of nitro benzene ring substituents is 1. The van der Waals surface area contributed by atoms with Crippen LogP contribution in [-0.4, -0.2) is 33.4 Å². The summed E-state index contributed by atoms with van der Waals surface area (Å²) in [6, 6.07) is 12.6. The maximum atomic E-state index is 12.0. The third-order valence-corrected chi connectivity index (χ3v) is 3.37. The summed E-state index contributed by atoms with van der Waals surface area (Å²) < 4.78 is 4.89. The minimum atomic E-state index is -0.819. The van der Waals surface area contributed by atoms with Gasteiger partial charge >= 0.3 is 5.97 Å². The standard InChI is InChI=1S/C17H12N4O5/c22-16(20-13-7-3-4-8-15(13)21(24)25)10-26-17(23)14-9-18-11-5-1-2-6-12(11)19-14/h1-9H,10H2,(H,20,22). The van der Waals surface area contributed by atoms with Gasteiger partial charge in [-0.25, -0.2) is 9.78 Å². The lowest BCUT2D eigenvalue weighted by molar-refractivity contribution is -0.383. The van der Waals surface area contributed by atoms with Crippen molar-refractivity contribution in [3.63, 3.8) is 0 Å². The highest BCUT2D eigenvalue weighted by Gasteiger charge is 2.17. The smallest absolute Gasteiger partial charge is 0.359 e. The molecule has 1 amide bonds. The second kappa shape index (κ2) is 7.34. The first kappa shape index (κ1) is 17.0. The molecule has 0 aliphatic carbocycles. The van der Waals surface area contributed by atoms with Gasteiger partial charge in [-0.05, 0) is 18.2 Å². The van der Waals surface area contributed by atoms with Gasteiger partial charge in [-0.3, -0.25) is 19.9 Å². The number of rotatable bonds is 5. The largest absolute Gasteiger partial charge is 0.451 e. The Morgan fingerprint density at radius 2 is 1.77 bits per heavy atom. The van der Waals surface area contributed by atoms with E-state index < -0.39 is 23.4 Å². The molecule has 130 valence electrons. The zero-order valence-electron chi connectivity index (χ0n) is 13.3. The Labute approximate surface area is 146 Å². The maximum Gasteiger partial charge on any atom is 0.359 e. The first-order valence-electron chi connectivity index (χ1n) is 7.47. The van der Waals surface area contributed by atoms with E-state index in [-0.39, 0.29) is 17.1 Å². The lowest BCUT2D eigenvalue weighted by Crippen LogP contribution is -2.21. The van der Waals surface area contributed by atoms with E-state index in [4.69, 9.17) is 4.74 Å². The van der Waals surface area contributed by atoms with E-state index in [0.29, 0.717) is 11.0 Å². The van der Waals surface area contributed by atoms with Crippen molar-refractivity contribution in [1.29, 1.82) is 0 Å². The molecule has 0 spiro atoms. The van der Waals surface area contributed by atoms with Crippen LogP contribution < -0.4 is 5.32 Å². The summed E-state index contributed by atoms with van der Waals surface area (Å²) in [6.45, 7) is -0.612. The zero-order valence-corrected chi connectivity index (χ0v) is 13.3. The molecule has 0 saturated heterocycles. The normalized spacial score (nSPS) is 10.3. The molecular formula is C17H12N4O5. The molecule has 9 nitrogen and oxygen atoms in total. The first-order valence-corrected chi connectivity index (χ1v) is 7.47. The molecule has 0 aliphatic heterocycles. The first-order chi connectivity index (χ1) is 12.5. The van der Waals surface area contributed by atoms with Gasteiger partial charge in [0.2, 0.25) is 0 Å². The fourth-order valence-corrected chi connectivity index (χ4v) is 2.19. The monoisotopic (exact) mass is 352 g/mol. The van der Waals surface area contributed by atoms with Crippen LogP contribution in [0.5, 0.6) is 0 Å². The van der Waals surface area contributed by atoms with Crippen LogP contribution >= 0.6 is 0 Å². The van der Waals surface area contributed by atoms with Crippen LogP contribution in [0.3, 0.4) is 0 Å². The molecule has 26 heavy (non-hydrogen) atoms. The van der Waals surface area contributed by atoms with Crippen molar-refractivity contribution in [3.05, 3.63) is 70.5 Å². The number of nitro groups is 1. The summed E-state index contributed by atoms with van der Waals surface area (Å²) in [5.74, 6) is -1.53. The van der Waals surface area contributed by atoms with Crippen LogP contribution in [-0.2, 0) is 9.53 Å². The molecule has 0 radical (unpaired) electrons. The molecule has 0 saturated carbocycles. The topological polar surface area (TPSA) is 124 Å². The molecule has 0 unspecified atom stereocenters. The summed E-state index contributed by atoms with van der Waals surface area (Å²) >= 11 is 0. The summed E-state index contributed by atoms with van der Waals surface area (Å²) in [7, 11) is 0. The number of nitrogens with one attached hydrogen (secondary N) is 1. The SMILES string of the molecule is O=C(COC(=O)c1cnc2ccccc2n1)Nc1ccccc1[N+](=O)[O-]. The van der Waals surface area contributed by atoms with Gasteiger partial charge in [-0.1, -0.05) is 24.3 Å². The number of anilines is 1. The Balaban J connectivity index is 1.63. The van der Waals surface area contributed by atoms with Gasteiger partial charge in [0, 0.05) is 6.07 Å². The Kier molecular flexibility index (Phi) is 4.79. The van der Waals surface area contributed by atoms with E-state index in [2.05, 4.69) is 15.3 Å². The Morgan fingerprint density at radius 3 is 2.54 bits per heavy atom. The molecule has 0 atom stereocenters. The highest BCUT2D eigenvalue weighted by atomic mass is 16.6. The Hall–Kier alpha value is -3.88. The number of aromatic nitrogens is 2. The number of hydrogen-bond acceptors (Lipinski definition) is 7. The molecule has 0 bridgehead atoms. The predicted molar refractivity (Wildman–Crippen MR) is 91.5 cm³/mol. The van der Waals surface area contributed by atoms with Gasteiger partial charge in [0.05, 0.1) is 22.2 Å². The van der Waals surface area contributed by atoms with E-state index in [1.807, 2.05) is 0 Å². The second-order valence-corrected chi connectivity index (χ2v) is 5.14. The van der Waals surface area contributed by atoms with Crippen molar-refractivity contribution in [2.45, 2.75) is 0 Å². The van der Waals surface area contributed by atoms with Crippen molar-refractivity contribution in [2.24, 2.45) is 0 Å². The van der Waals surface area contributed by atoms with Crippen molar-refractivity contribution in [3.8, 4) is 0 Å². The maximum absolute atomic E-state index is 12.0. The quantitative estimate of drug-likeness (QED) is 0.424. The van der Waals surface area contributed by atoms with Crippen LogP contribution in [0, 0.1) is 10.1 Å². The highest BCUT2D eigenvalue weighted by Crippen LogP contribution is 2.22. The van der Waals surface area contributed by atoms with E-state index in [0.717, 1.165) is 0 Å². The fourth-order valence-electron chi connectivity index (χ4n) is 2.19. The van der Waals surface area contributed by atoms with Crippen LogP contribution in [0.25, 0.3) is 11.0 Å². The number of amides is 1. The number of fused-ring (bicyclic) bond motifs is 1. The Morgan fingerprint density at radius 1 is 1.08 bits per heavy atom. The summed E-state index contributed by atoms with van der Waals surface area (Å²) in [5.41, 5.74) is 0.864. The lowest BCUT2D eigenvalue weighted by atomic mass is 10.2. The van der Waals surface area contributed by atoms with E-state index >= 15 is 0 Å². The molecule has 1 heterocycles. The third kappa shape index (κ3) is 3.78. The number of carbonyl (C=O) groups excluding carboxylic acids is 2. The van der Waals surface area contributed by atoms with Crippen molar-refractivity contribution in [2.75, 3.05) is 11.9 Å². The number of ether oxygens (including phenoxy) is 1. The van der Waals surface area contributed by atoms with Gasteiger partial charge in [-0.15, -0.1) is 0 Å². The minimum absolute atomic E-state index is 0.0176. The molecular weight excluding hydrogens is 340 g/mol. The second-order valence-electron chi connectivity index (χ2n) is 5.14. The lowest BCUT2D eigenvalue weighted by Gasteiger charge is -2.07. The number of benzene rings is 2. The molecule has 3 aromatic rings. The number of hydrogen-bond donors (Lipinski definition) is 1. The number of nitrogens with zero attached hydrogens (tertiary/aromatic N) is 3. The highest BCUT2D eigenvalue weighted by molar-refractivity contribution is 5.96. The molecule has 1 N–H and O–H groups in total.